The Balaban J connectivity index is 2.25. The fourth-order valence-electron chi connectivity index (χ4n) is 2.35. The quantitative estimate of drug-likeness (QED) is 0.446. The van der Waals surface area contributed by atoms with Crippen LogP contribution in [0, 0.1) is 17.5 Å². The molecule has 1 unspecified atom stereocenters. The molecule has 0 aromatic heterocycles. The Morgan fingerprint density at radius 3 is 2.48 bits per heavy atom. The van der Waals surface area contributed by atoms with E-state index in [1.54, 1.807) is 6.20 Å². The topological polar surface area (TPSA) is 20.3 Å². The van der Waals surface area contributed by atoms with Crippen LogP contribution < -0.4 is 0 Å². The van der Waals surface area contributed by atoms with E-state index in [4.69, 9.17) is 0 Å². The molecule has 0 spiro atoms. The first-order chi connectivity index (χ1) is 10.0. The molecule has 0 aliphatic carbocycles. The van der Waals surface area contributed by atoms with Gasteiger partial charge in [0.15, 0.2) is 23.2 Å². The lowest BCUT2D eigenvalue weighted by Crippen LogP contribution is -2.30. The molecular weight excluding hydrogens is 347 g/mol. The lowest BCUT2D eigenvalue weighted by atomic mass is 9.96. The molecule has 0 saturated heterocycles. The zero-order chi connectivity index (χ0) is 15.4. The van der Waals surface area contributed by atoms with Gasteiger partial charge in [0, 0.05) is 24.5 Å². The molecule has 1 heterocycles. The molecule has 2 rings (SSSR count). The Bertz CT molecular complexity index is 539. The number of carbonyl (C=O) groups is 1. The van der Waals surface area contributed by atoms with Crippen molar-refractivity contribution in [1.29, 1.82) is 0 Å². The number of ketones is 1. The van der Waals surface area contributed by atoms with E-state index >= 15 is 0 Å². The van der Waals surface area contributed by atoms with Crippen LogP contribution >= 0.6 is 15.9 Å². The van der Waals surface area contributed by atoms with Crippen LogP contribution in [0.2, 0.25) is 0 Å². The molecular formula is C15H15BrF3NO. The molecule has 114 valence electrons. The third kappa shape index (κ3) is 3.87. The van der Waals surface area contributed by atoms with E-state index in [0.717, 1.165) is 30.3 Å². The monoisotopic (exact) mass is 361 g/mol. The Morgan fingerprint density at radius 2 is 1.86 bits per heavy atom. The maximum Gasteiger partial charge on any atom is 0.194 e. The molecule has 0 fully saturated rings. The van der Waals surface area contributed by atoms with Gasteiger partial charge >= 0.3 is 0 Å². The van der Waals surface area contributed by atoms with Crippen molar-refractivity contribution < 1.29 is 18.0 Å². The summed E-state index contributed by atoms with van der Waals surface area (Å²) in [4.78, 5) is 13.4. The van der Waals surface area contributed by atoms with Crippen LogP contribution in [-0.2, 0) is 4.79 Å². The summed E-state index contributed by atoms with van der Waals surface area (Å²) in [6, 6.07) is 1.47. The zero-order valence-corrected chi connectivity index (χ0v) is 12.9. The maximum absolute atomic E-state index is 13.4. The van der Waals surface area contributed by atoms with Crippen LogP contribution in [-0.4, -0.2) is 22.6 Å². The van der Waals surface area contributed by atoms with Crippen molar-refractivity contribution in [3.63, 3.8) is 0 Å². The molecule has 1 atom stereocenters. The predicted octanol–water partition coefficient (Wildman–Crippen LogP) is 4.11. The summed E-state index contributed by atoms with van der Waals surface area (Å²) >= 11 is 3.34. The smallest absolute Gasteiger partial charge is 0.194 e. The van der Waals surface area contributed by atoms with E-state index in [-0.39, 0.29) is 17.8 Å². The molecule has 0 N–H and O–H groups in total. The number of benzene rings is 1. The van der Waals surface area contributed by atoms with Gasteiger partial charge < -0.3 is 4.90 Å². The summed E-state index contributed by atoms with van der Waals surface area (Å²) in [5.74, 6) is -4.05. The highest BCUT2D eigenvalue weighted by molar-refractivity contribution is 9.09. The van der Waals surface area contributed by atoms with E-state index < -0.39 is 23.5 Å². The second-order valence-corrected chi connectivity index (χ2v) is 5.73. The first-order valence-corrected chi connectivity index (χ1v) is 7.82. The molecule has 0 saturated carbocycles. The average molecular weight is 362 g/mol. The van der Waals surface area contributed by atoms with Crippen molar-refractivity contribution in [2.45, 2.75) is 25.3 Å². The number of hydrogen-bond acceptors (Lipinski definition) is 2. The van der Waals surface area contributed by atoms with Crippen LogP contribution in [0.5, 0.6) is 0 Å². The van der Waals surface area contributed by atoms with E-state index in [9.17, 15) is 18.0 Å². The third-order valence-corrected chi connectivity index (χ3v) is 4.00. The van der Waals surface area contributed by atoms with Gasteiger partial charge in [-0.15, -0.1) is 0 Å². The summed E-state index contributed by atoms with van der Waals surface area (Å²) in [6.45, 7) is 0.667. The fraction of sp³-hybridized carbons (Fsp3) is 0.400. The number of alkyl halides is 1. The Kier molecular flexibility index (Phi) is 5.45. The third-order valence-electron chi connectivity index (χ3n) is 3.44. The minimum atomic E-state index is -1.48. The number of unbranched alkanes of at least 4 members (excludes halogenated alkanes) is 1. The number of carbonyl (C=O) groups excluding carboxylic acids is 1. The molecule has 2 nitrogen and oxygen atoms in total. The highest BCUT2D eigenvalue weighted by Crippen LogP contribution is 2.30. The van der Waals surface area contributed by atoms with Crippen LogP contribution in [0.4, 0.5) is 13.2 Å². The lowest BCUT2D eigenvalue weighted by molar-refractivity contribution is -0.116. The van der Waals surface area contributed by atoms with Gasteiger partial charge in [-0.3, -0.25) is 4.79 Å². The van der Waals surface area contributed by atoms with Gasteiger partial charge in [-0.25, -0.2) is 13.2 Å². The van der Waals surface area contributed by atoms with Crippen LogP contribution in [0.25, 0.3) is 0 Å². The van der Waals surface area contributed by atoms with E-state index in [0.29, 0.717) is 6.54 Å². The Labute approximate surface area is 129 Å². The lowest BCUT2D eigenvalue weighted by Gasteiger charge is -2.33. The second-order valence-electron chi connectivity index (χ2n) is 4.93. The Morgan fingerprint density at radius 1 is 1.19 bits per heavy atom. The number of nitrogens with zero attached hydrogens (tertiary/aromatic N) is 1. The zero-order valence-electron chi connectivity index (χ0n) is 11.3. The number of allylic oxidation sites excluding steroid dienone is 1. The van der Waals surface area contributed by atoms with Crippen LogP contribution in [0.3, 0.4) is 0 Å². The summed E-state index contributed by atoms with van der Waals surface area (Å²) in [5, 5.41) is 0.869. The summed E-state index contributed by atoms with van der Waals surface area (Å²) in [7, 11) is 0. The summed E-state index contributed by atoms with van der Waals surface area (Å²) in [6.07, 6.45) is 5.07. The maximum atomic E-state index is 13.4. The molecule has 21 heavy (non-hydrogen) atoms. The van der Waals surface area contributed by atoms with Gasteiger partial charge in [0.05, 0.1) is 6.04 Å². The van der Waals surface area contributed by atoms with Crippen LogP contribution in [0.1, 0.15) is 30.9 Å². The van der Waals surface area contributed by atoms with Gasteiger partial charge in [-0.1, -0.05) is 15.9 Å². The minimum absolute atomic E-state index is 0.109. The molecule has 0 radical (unpaired) electrons. The average Bonchev–Trinajstić information content (AvgIpc) is 2.46. The van der Waals surface area contributed by atoms with Crippen molar-refractivity contribution in [3.8, 4) is 0 Å². The molecule has 1 aromatic carbocycles. The number of hydrogen-bond donors (Lipinski definition) is 0. The van der Waals surface area contributed by atoms with Gasteiger partial charge in [0.2, 0.25) is 0 Å². The minimum Gasteiger partial charge on any atom is -0.370 e. The highest BCUT2D eigenvalue weighted by atomic mass is 79.9. The van der Waals surface area contributed by atoms with Crippen molar-refractivity contribution in [3.05, 3.63) is 47.4 Å². The SMILES string of the molecule is O=C1C=CN(CCCCBr)C(c2cc(F)c(F)c(F)c2)C1. The molecule has 1 aromatic rings. The predicted molar refractivity (Wildman–Crippen MR) is 77.6 cm³/mol. The number of halogens is 4. The molecule has 0 bridgehead atoms. The van der Waals surface area contributed by atoms with E-state index in [1.165, 1.54) is 6.08 Å². The first kappa shape index (κ1) is 16.1. The van der Waals surface area contributed by atoms with Crippen LogP contribution in [0.15, 0.2) is 24.4 Å². The molecule has 1 aliphatic rings. The fourth-order valence-corrected chi connectivity index (χ4v) is 2.75. The van der Waals surface area contributed by atoms with Crippen molar-refractivity contribution >= 4 is 21.7 Å². The first-order valence-electron chi connectivity index (χ1n) is 6.70. The normalized spacial score (nSPS) is 18.4. The van der Waals surface area contributed by atoms with E-state index in [2.05, 4.69) is 15.9 Å². The molecule has 1 aliphatic heterocycles. The van der Waals surface area contributed by atoms with Gasteiger partial charge in [0.1, 0.15) is 0 Å². The highest BCUT2D eigenvalue weighted by Gasteiger charge is 2.26. The second kappa shape index (κ2) is 7.11. The number of rotatable bonds is 5. The van der Waals surface area contributed by atoms with Crippen molar-refractivity contribution in [1.82, 2.24) is 4.90 Å². The summed E-state index contributed by atoms with van der Waals surface area (Å²) < 4.78 is 39.8. The Hall–Kier alpha value is -1.30. The largest absolute Gasteiger partial charge is 0.370 e. The van der Waals surface area contributed by atoms with Crippen molar-refractivity contribution in [2.75, 3.05) is 11.9 Å². The molecule has 0 amide bonds. The van der Waals surface area contributed by atoms with Crippen molar-refractivity contribution in [2.24, 2.45) is 0 Å². The van der Waals surface area contributed by atoms with Gasteiger partial charge in [-0.2, -0.15) is 0 Å². The molecule has 6 heteroatoms. The standard InChI is InChI=1S/C15H15BrF3NO/c16-4-1-2-5-20-6-3-11(21)9-14(20)10-7-12(17)15(19)13(18)8-10/h3,6-8,14H,1-2,4-5,9H2. The summed E-state index contributed by atoms with van der Waals surface area (Å²) in [5.41, 5.74) is 0.281. The van der Waals surface area contributed by atoms with E-state index in [1.807, 2.05) is 4.90 Å². The van der Waals surface area contributed by atoms with Gasteiger partial charge in [-0.05, 0) is 36.6 Å². The van der Waals surface area contributed by atoms with Gasteiger partial charge in [0.25, 0.3) is 0 Å².